The summed E-state index contributed by atoms with van der Waals surface area (Å²) in [5.41, 5.74) is 3.16. The van der Waals surface area contributed by atoms with Gasteiger partial charge in [0.25, 0.3) is 0 Å². The van der Waals surface area contributed by atoms with Gasteiger partial charge in [-0.1, -0.05) is 42.5 Å². The number of likely N-dealkylation sites (tertiary alicyclic amines) is 1. The summed E-state index contributed by atoms with van der Waals surface area (Å²) < 4.78 is 12.2. The molecule has 0 aromatic heterocycles. The first-order valence-electron chi connectivity index (χ1n) is 9.46. The van der Waals surface area contributed by atoms with Crippen LogP contribution in [0.2, 0.25) is 0 Å². The molecule has 3 aliphatic rings. The van der Waals surface area contributed by atoms with Crippen LogP contribution in [0.1, 0.15) is 29.9 Å². The number of benzene rings is 2. The largest absolute Gasteiger partial charge is 0.488 e. The molecule has 2 heterocycles. The summed E-state index contributed by atoms with van der Waals surface area (Å²) in [5, 5.41) is 0. The maximum absolute atomic E-state index is 6.16. The maximum Gasteiger partial charge on any atom is 0.125 e. The topological polar surface area (TPSA) is 21.7 Å². The molecule has 0 bridgehead atoms. The molecule has 3 nitrogen and oxygen atoms in total. The van der Waals surface area contributed by atoms with Crippen LogP contribution in [0.4, 0.5) is 0 Å². The van der Waals surface area contributed by atoms with Gasteiger partial charge in [0.05, 0.1) is 12.2 Å². The van der Waals surface area contributed by atoms with Crippen LogP contribution in [0.3, 0.4) is 0 Å². The average molecular weight is 335 g/mol. The van der Waals surface area contributed by atoms with Gasteiger partial charge in [0, 0.05) is 26.1 Å². The van der Waals surface area contributed by atoms with Crippen molar-refractivity contribution >= 4 is 0 Å². The van der Waals surface area contributed by atoms with Gasteiger partial charge in [-0.15, -0.1) is 0 Å². The molecular formula is C22H25NO2. The van der Waals surface area contributed by atoms with E-state index in [1.165, 1.54) is 19.4 Å². The number of rotatable bonds is 4. The predicted molar refractivity (Wildman–Crippen MR) is 98.1 cm³/mol. The van der Waals surface area contributed by atoms with Crippen LogP contribution in [-0.4, -0.2) is 42.8 Å². The van der Waals surface area contributed by atoms with Gasteiger partial charge in [-0.3, -0.25) is 4.90 Å². The summed E-state index contributed by atoms with van der Waals surface area (Å²) in [4.78, 5) is 2.57. The van der Waals surface area contributed by atoms with Crippen LogP contribution in [-0.2, 0) is 11.2 Å². The second-order valence-corrected chi connectivity index (χ2v) is 7.86. The Kier molecular flexibility index (Phi) is 3.79. The van der Waals surface area contributed by atoms with Crippen molar-refractivity contribution in [3.63, 3.8) is 0 Å². The fourth-order valence-corrected chi connectivity index (χ4v) is 4.83. The van der Waals surface area contributed by atoms with Crippen LogP contribution in [0, 0.1) is 0 Å². The third-order valence-corrected chi connectivity index (χ3v) is 5.98. The van der Waals surface area contributed by atoms with Gasteiger partial charge in [-0.05, 0) is 42.0 Å². The van der Waals surface area contributed by atoms with Crippen molar-refractivity contribution in [3.05, 3.63) is 65.7 Å². The molecule has 0 N–H and O–H groups in total. The first kappa shape index (κ1) is 15.4. The van der Waals surface area contributed by atoms with E-state index in [9.17, 15) is 0 Å². The van der Waals surface area contributed by atoms with E-state index in [0.717, 1.165) is 31.9 Å². The van der Waals surface area contributed by atoms with Crippen LogP contribution >= 0.6 is 0 Å². The Morgan fingerprint density at radius 2 is 1.84 bits per heavy atom. The molecule has 2 aromatic rings. The van der Waals surface area contributed by atoms with Gasteiger partial charge in [0.15, 0.2) is 0 Å². The van der Waals surface area contributed by atoms with Gasteiger partial charge in [-0.25, -0.2) is 0 Å². The fraction of sp³-hybridized carbons (Fsp3) is 0.455. The summed E-state index contributed by atoms with van der Waals surface area (Å²) in [5.74, 6) is 1.65. The number of nitrogens with zero attached hydrogens (tertiary/aromatic N) is 1. The van der Waals surface area contributed by atoms with Crippen LogP contribution in [0.5, 0.6) is 5.75 Å². The number of aryl methyl sites for hydroxylation is 1. The Bertz CT molecular complexity index is 739. The van der Waals surface area contributed by atoms with Crippen molar-refractivity contribution in [2.75, 3.05) is 26.2 Å². The van der Waals surface area contributed by atoms with Crippen molar-refractivity contribution < 1.29 is 9.47 Å². The van der Waals surface area contributed by atoms with Crippen molar-refractivity contribution in [2.45, 2.75) is 36.9 Å². The zero-order valence-electron chi connectivity index (χ0n) is 14.6. The molecule has 0 saturated carbocycles. The fourth-order valence-electron chi connectivity index (χ4n) is 4.83. The lowest BCUT2D eigenvalue weighted by atomic mass is 9.88. The summed E-state index contributed by atoms with van der Waals surface area (Å²) in [7, 11) is 0. The SMILES string of the molecule is c1ccc(O[C@@H]2COC3(C2)CN(C[C@@H]2CCc4ccccc42)C3)cc1. The zero-order valence-corrected chi connectivity index (χ0v) is 14.6. The molecule has 2 aliphatic heterocycles. The third-order valence-electron chi connectivity index (χ3n) is 5.98. The molecular weight excluding hydrogens is 310 g/mol. The molecule has 2 atom stereocenters. The van der Waals surface area contributed by atoms with Crippen molar-refractivity contribution in [3.8, 4) is 5.75 Å². The molecule has 2 saturated heterocycles. The van der Waals surface area contributed by atoms with E-state index < -0.39 is 0 Å². The van der Waals surface area contributed by atoms with Gasteiger partial charge >= 0.3 is 0 Å². The van der Waals surface area contributed by atoms with Crippen LogP contribution < -0.4 is 4.74 Å². The van der Waals surface area contributed by atoms with Crippen LogP contribution in [0.25, 0.3) is 0 Å². The Morgan fingerprint density at radius 1 is 1.04 bits per heavy atom. The van der Waals surface area contributed by atoms with E-state index in [0.29, 0.717) is 5.92 Å². The molecule has 1 spiro atoms. The highest BCUT2D eigenvalue weighted by atomic mass is 16.6. The lowest BCUT2D eigenvalue weighted by molar-refractivity contribution is -0.112. The summed E-state index contributed by atoms with van der Waals surface area (Å²) >= 11 is 0. The van der Waals surface area contributed by atoms with Crippen molar-refractivity contribution in [1.29, 1.82) is 0 Å². The molecule has 1 aliphatic carbocycles. The monoisotopic (exact) mass is 335 g/mol. The minimum atomic E-state index is 0.0393. The highest BCUT2D eigenvalue weighted by Crippen LogP contribution is 2.40. The zero-order chi connectivity index (χ0) is 16.7. The van der Waals surface area contributed by atoms with E-state index in [4.69, 9.17) is 9.47 Å². The molecule has 2 aromatic carbocycles. The number of hydrogen-bond acceptors (Lipinski definition) is 3. The second kappa shape index (κ2) is 6.15. The number of ether oxygens (including phenoxy) is 2. The molecule has 2 fully saturated rings. The van der Waals surface area contributed by atoms with Gasteiger partial charge in [0.1, 0.15) is 11.9 Å². The van der Waals surface area contributed by atoms with E-state index in [1.54, 1.807) is 11.1 Å². The first-order chi connectivity index (χ1) is 12.3. The predicted octanol–water partition coefficient (Wildman–Crippen LogP) is 3.64. The normalized spacial score (nSPS) is 27.2. The molecule has 130 valence electrons. The Morgan fingerprint density at radius 3 is 2.72 bits per heavy atom. The van der Waals surface area contributed by atoms with Gasteiger partial charge < -0.3 is 9.47 Å². The molecule has 25 heavy (non-hydrogen) atoms. The van der Waals surface area contributed by atoms with Gasteiger partial charge in [0.2, 0.25) is 0 Å². The number of hydrogen-bond donors (Lipinski definition) is 0. The molecule has 3 heteroatoms. The van der Waals surface area contributed by atoms with Crippen molar-refractivity contribution in [1.82, 2.24) is 4.90 Å². The van der Waals surface area contributed by atoms with E-state index in [-0.39, 0.29) is 11.7 Å². The summed E-state index contributed by atoms with van der Waals surface area (Å²) in [6.45, 7) is 4.00. The average Bonchev–Trinajstić information content (AvgIpc) is 3.21. The second-order valence-electron chi connectivity index (χ2n) is 7.86. The lowest BCUT2D eigenvalue weighted by Gasteiger charge is -2.48. The molecule has 5 rings (SSSR count). The highest BCUT2D eigenvalue weighted by Gasteiger charge is 2.50. The number of fused-ring (bicyclic) bond motifs is 1. The third kappa shape index (κ3) is 2.96. The van der Waals surface area contributed by atoms with Crippen LogP contribution in [0.15, 0.2) is 54.6 Å². The van der Waals surface area contributed by atoms with Crippen molar-refractivity contribution in [2.24, 2.45) is 0 Å². The molecule has 0 radical (unpaired) electrons. The quantitative estimate of drug-likeness (QED) is 0.851. The molecule has 0 amide bonds. The summed E-state index contributed by atoms with van der Waals surface area (Å²) in [6.07, 6.45) is 3.74. The summed E-state index contributed by atoms with van der Waals surface area (Å²) in [6, 6.07) is 19.1. The maximum atomic E-state index is 6.16. The van der Waals surface area contributed by atoms with E-state index >= 15 is 0 Å². The standard InChI is InChI=1S/C22H25NO2/c1-2-7-19(8-3-1)25-20-12-22(24-14-20)15-23(16-22)13-18-11-10-17-6-4-5-9-21(17)18/h1-9,18,20H,10-16H2/t18-,20-/m0/s1. The number of para-hydroxylation sites is 1. The lowest BCUT2D eigenvalue weighted by Crippen LogP contribution is -2.62. The minimum absolute atomic E-state index is 0.0393. The first-order valence-corrected chi connectivity index (χ1v) is 9.46. The van der Waals surface area contributed by atoms with E-state index in [1.807, 2.05) is 30.3 Å². The smallest absolute Gasteiger partial charge is 0.125 e. The van der Waals surface area contributed by atoms with Gasteiger partial charge in [-0.2, -0.15) is 0 Å². The Labute approximate surface area is 149 Å². The molecule has 0 unspecified atom stereocenters. The Balaban J connectivity index is 1.15. The minimum Gasteiger partial charge on any atom is -0.488 e. The van der Waals surface area contributed by atoms with E-state index in [2.05, 4.69) is 29.2 Å². The Hall–Kier alpha value is -1.84. The highest BCUT2D eigenvalue weighted by molar-refractivity contribution is 5.35.